The maximum absolute atomic E-state index is 6.28. The van der Waals surface area contributed by atoms with E-state index in [9.17, 15) is 0 Å². The van der Waals surface area contributed by atoms with Gasteiger partial charge in [0, 0.05) is 5.41 Å². The molecule has 1 aliphatic carbocycles. The summed E-state index contributed by atoms with van der Waals surface area (Å²) < 4.78 is 24.0. The Hall–Kier alpha value is -1.10. The van der Waals surface area contributed by atoms with Crippen LogP contribution < -0.4 is 4.74 Å². The second-order valence-corrected chi connectivity index (χ2v) is 7.49. The van der Waals surface area contributed by atoms with E-state index in [1.54, 1.807) is 7.11 Å². The quantitative estimate of drug-likeness (QED) is 0.777. The lowest BCUT2D eigenvalue weighted by atomic mass is 9.78. The SMILES string of the molecule is CCC1(CC)C[C@H](OCc2ccc(OC)cc2)[C@@H]2OC(C)(C)O[C@@H]21. The average Bonchev–Trinajstić information content (AvgIpc) is 3.05. The van der Waals surface area contributed by atoms with Gasteiger partial charge in [0.2, 0.25) is 0 Å². The first-order valence-electron chi connectivity index (χ1n) is 9.03. The molecule has 4 nitrogen and oxygen atoms in total. The summed E-state index contributed by atoms with van der Waals surface area (Å²) in [5, 5.41) is 0. The van der Waals surface area contributed by atoms with Gasteiger partial charge < -0.3 is 18.9 Å². The molecule has 0 amide bonds. The average molecular weight is 334 g/mol. The van der Waals surface area contributed by atoms with Crippen molar-refractivity contribution in [2.45, 2.75) is 77.7 Å². The fraction of sp³-hybridized carbons (Fsp3) is 0.700. The molecule has 0 radical (unpaired) electrons. The summed E-state index contributed by atoms with van der Waals surface area (Å²) in [6.45, 7) is 9.09. The monoisotopic (exact) mass is 334 g/mol. The van der Waals surface area contributed by atoms with Crippen LogP contribution in [0.3, 0.4) is 0 Å². The van der Waals surface area contributed by atoms with Crippen LogP contribution in [-0.4, -0.2) is 31.2 Å². The maximum Gasteiger partial charge on any atom is 0.163 e. The number of methoxy groups -OCH3 is 1. The van der Waals surface area contributed by atoms with Crippen molar-refractivity contribution >= 4 is 0 Å². The molecule has 1 aromatic carbocycles. The third-order valence-electron chi connectivity index (χ3n) is 5.74. The minimum absolute atomic E-state index is 0.0261. The first kappa shape index (κ1) is 17.7. The van der Waals surface area contributed by atoms with Crippen LogP contribution in [0.5, 0.6) is 5.75 Å². The number of fused-ring (bicyclic) bond motifs is 1. The highest BCUT2D eigenvalue weighted by molar-refractivity contribution is 5.26. The van der Waals surface area contributed by atoms with E-state index < -0.39 is 5.79 Å². The van der Waals surface area contributed by atoms with Gasteiger partial charge in [0.05, 0.1) is 25.9 Å². The van der Waals surface area contributed by atoms with Crippen LogP contribution in [0.1, 0.15) is 52.5 Å². The van der Waals surface area contributed by atoms with Gasteiger partial charge in [0.1, 0.15) is 11.9 Å². The molecule has 0 bridgehead atoms. The van der Waals surface area contributed by atoms with E-state index in [1.807, 2.05) is 38.1 Å². The molecule has 1 heterocycles. The molecule has 1 saturated heterocycles. The highest BCUT2D eigenvalue weighted by Gasteiger charge is 2.60. The normalized spacial score (nSPS) is 30.3. The summed E-state index contributed by atoms with van der Waals surface area (Å²) in [6.07, 6.45) is 3.42. The van der Waals surface area contributed by atoms with Crippen LogP contribution in [-0.2, 0) is 20.8 Å². The minimum atomic E-state index is -0.521. The largest absolute Gasteiger partial charge is 0.497 e. The van der Waals surface area contributed by atoms with Crippen molar-refractivity contribution in [1.82, 2.24) is 0 Å². The summed E-state index contributed by atoms with van der Waals surface area (Å²) in [6, 6.07) is 8.04. The van der Waals surface area contributed by atoms with Crippen LogP contribution in [0.25, 0.3) is 0 Å². The van der Waals surface area contributed by atoms with E-state index in [-0.39, 0.29) is 23.7 Å². The molecule has 4 heteroatoms. The Morgan fingerprint density at radius 1 is 1.08 bits per heavy atom. The second kappa shape index (κ2) is 6.66. The Morgan fingerprint density at radius 3 is 2.33 bits per heavy atom. The molecule has 2 fully saturated rings. The van der Waals surface area contributed by atoms with Crippen molar-refractivity contribution in [1.29, 1.82) is 0 Å². The summed E-state index contributed by atoms with van der Waals surface area (Å²) in [4.78, 5) is 0. The summed E-state index contributed by atoms with van der Waals surface area (Å²) in [5.74, 6) is 0.345. The molecule has 3 atom stereocenters. The standard InChI is InChI=1S/C20H30O4/c1-6-20(7-2)12-16(17-18(20)24-19(3,4)23-17)22-13-14-8-10-15(21-5)11-9-14/h8-11,16-18H,6-7,12-13H2,1-5H3/t16-,17-,18-/m0/s1. The molecular formula is C20H30O4. The molecular weight excluding hydrogens is 304 g/mol. The second-order valence-electron chi connectivity index (χ2n) is 7.49. The molecule has 0 N–H and O–H groups in total. The van der Waals surface area contributed by atoms with Gasteiger partial charge in [-0.2, -0.15) is 0 Å². The summed E-state index contributed by atoms with van der Waals surface area (Å²) >= 11 is 0. The summed E-state index contributed by atoms with van der Waals surface area (Å²) in [5.41, 5.74) is 1.30. The van der Waals surface area contributed by atoms with Gasteiger partial charge in [0.15, 0.2) is 5.79 Å². The highest BCUT2D eigenvalue weighted by Crippen LogP contribution is 2.53. The van der Waals surface area contributed by atoms with E-state index in [2.05, 4.69) is 13.8 Å². The topological polar surface area (TPSA) is 36.9 Å². The van der Waals surface area contributed by atoms with Crippen LogP contribution in [0.15, 0.2) is 24.3 Å². The van der Waals surface area contributed by atoms with Gasteiger partial charge >= 0.3 is 0 Å². The Labute approximate surface area is 145 Å². The van der Waals surface area contributed by atoms with Crippen molar-refractivity contribution in [3.63, 3.8) is 0 Å². The van der Waals surface area contributed by atoms with Gasteiger partial charge in [-0.1, -0.05) is 26.0 Å². The van der Waals surface area contributed by atoms with Gasteiger partial charge in [-0.15, -0.1) is 0 Å². The molecule has 1 aliphatic heterocycles. The summed E-state index contributed by atoms with van der Waals surface area (Å²) in [7, 11) is 1.68. The number of hydrogen-bond acceptors (Lipinski definition) is 4. The van der Waals surface area contributed by atoms with Crippen molar-refractivity contribution < 1.29 is 18.9 Å². The van der Waals surface area contributed by atoms with Crippen LogP contribution >= 0.6 is 0 Å². The Kier molecular flexibility index (Phi) is 4.92. The van der Waals surface area contributed by atoms with E-state index >= 15 is 0 Å². The Balaban J connectivity index is 1.70. The zero-order valence-corrected chi connectivity index (χ0v) is 15.5. The van der Waals surface area contributed by atoms with Gasteiger partial charge in [0.25, 0.3) is 0 Å². The minimum Gasteiger partial charge on any atom is -0.497 e. The predicted octanol–water partition coefficient (Wildman–Crippen LogP) is 4.31. The molecule has 134 valence electrons. The van der Waals surface area contributed by atoms with Crippen LogP contribution in [0.4, 0.5) is 0 Å². The van der Waals surface area contributed by atoms with Crippen molar-refractivity contribution in [2.75, 3.05) is 7.11 Å². The molecule has 1 saturated carbocycles. The Morgan fingerprint density at radius 2 is 1.75 bits per heavy atom. The third kappa shape index (κ3) is 3.19. The van der Waals surface area contributed by atoms with Crippen LogP contribution in [0, 0.1) is 5.41 Å². The zero-order chi connectivity index (χ0) is 17.4. The molecule has 0 unspecified atom stereocenters. The molecule has 1 aromatic rings. The number of benzene rings is 1. The number of rotatable bonds is 6. The van der Waals surface area contributed by atoms with Crippen molar-refractivity contribution in [2.24, 2.45) is 5.41 Å². The lowest BCUT2D eigenvalue weighted by Gasteiger charge is -2.33. The lowest BCUT2D eigenvalue weighted by Crippen LogP contribution is -2.35. The third-order valence-corrected chi connectivity index (χ3v) is 5.74. The molecule has 2 aliphatic rings. The van der Waals surface area contributed by atoms with Crippen molar-refractivity contribution in [3.8, 4) is 5.75 Å². The first-order valence-corrected chi connectivity index (χ1v) is 9.03. The van der Waals surface area contributed by atoms with Crippen LogP contribution in [0.2, 0.25) is 0 Å². The number of hydrogen-bond donors (Lipinski definition) is 0. The zero-order valence-electron chi connectivity index (χ0n) is 15.5. The Bertz CT molecular complexity index is 547. The first-order chi connectivity index (χ1) is 11.4. The van der Waals surface area contributed by atoms with E-state index in [1.165, 1.54) is 0 Å². The lowest BCUT2D eigenvalue weighted by molar-refractivity contribution is -0.180. The molecule has 0 spiro atoms. The van der Waals surface area contributed by atoms with Gasteiger partial charge in [-0.05, 0) is 50.8 Å². The highest BCUT2D eigenvalue weighted by atomic mass is 16.8. The predicted molar refractivity (Wildman–Crippen MR) is 93.0 cm³/mol. The van der Waals surface area contributed by atoms with Crippen molar-refractivity contribution in [3.05, 3.63) is 29.8 Å². The smallest absolute Gasteiger partial charge is 0.163 e. The molecule has 24 heavy (non-hydrogen) atoms. The molecule has 0 aromatic heterocycles. The van der Waals surface area contributed by atoms with E-state index in [0.29, 0.717) is 6.61 Å². The van der Waals surface area contributed by atoms with Gasteiger partial charge in [-0.25, -0.2) is 0 Å². The fourth-order valence-corrected chi connectivity index (χ4v) is 4.19. The van der Waals surface area contributed by atoms with E-state index in [0.717, 1.165) is 30.6 Å². The van der Waals surface area contributed by atoms with Gasteiger partial charge in [-0.3, -0.25) is 0 Å². The molecule has 3 rings (SSSR count). The van der Waals surface area contributed by atoms with E-state index in [4.69, 9.17) is 18.9 Å². The number of ether oxygens (including phenoxy) is 4. The fourth-order valence-electron chi connectivity index (χ4n) is 4.19. The maximum atomic E-state index is 6.28.